The molecule has 0 aliphatic heterocycles. The van der Waals surface area contributed by atoms with E-state index in [9.17, 15) is 4.79 Å². The third kappa shape index (κ3) is 3.07. The van der Waals surface area contributed by atoms with Gasteiger partial charge in [0, 0.05) is 19.1 Å². The van der Waals surface area contributed by atoms with Gasteiger partial charge in [-0.05, 0) is 38.3 Å². The second-order valence-electron chi connectivity index (χ2n) is 4.80. The molecule has 19 heavy (non-hydrogen) atoms. The summed E-state index contributed by atoms with van der Waals surface area (Å²) in [5, 5.41) is 0. The first kappa shape index (κ1) is 13.9. The maximum atomic E-state index is 12.7. The molecule has 1 aliphatic carbocycles. The summed E-state index contributed by atoms with van der Waals surface area (Å²) in [6.45, 7) is 3.60. The molecular weight excluding hydrogens is 240 g/mol. The van der Waals surface area contributed by atoms with Crippen LogP contribution in [0.4, 0.5) is 0 Å². The first-order valence-electron chi connectivity index (χ1n) is 7.00. The summed E-state index contributed by atoms with van der Waals surface area (Å²) < 4.78 is 5.54. The number of amides is 1. The highest BCUT2D eigenvalue weighted by Gasteiger charge is 2.29. The van der Waals surface area contributed by atoms with Crippen LogP contribution in [0.2, 0.25) is 0 Å². The van der Waals surface area contributed by atoms with Crippen LogP contribution in [0.1, 0.15) is 36.5 Å². The van der Waals surface area contributed by atoms with Crippen molar-refractivity contribution in [3.63, 3.8) is 0 Å². The van der Waals surface area contributed by atoms with Crippen LogP contribution in [0.3, 0.4) is 0 Å². The molecule has 104 valence electrons. The number of nitrogens with zero attached hydrogens (tertiary/aromatic N) is 1. The van der Waals surface area contributed by atoms with E-state index in [1.54, 1.807) is 0 Å². The summed E-state index contributed by atoms with van der Waals surface area (Å²) in [7, 11) is 0. The lowest BCUT2D eigenvalue weighted by Gasteiger charge is -2.37. The van der Waals surface area contributed by atoms with Crippen molar-refractivity contribution in [1.82, 2.24) is 4.90 Å². The topological polar surface area (TPSA) is 55.6 Å². The van der Waals surface area contributed by atoms with E-state index in [0.717, 1.165) is 12.8 Å². The normalized spacial score (nSPS) is 14.8. The van der Waals surface area contributed by atoms with Gasteiger partial charge in [0.2, 0.25) is 0 Å². The van der Waals surface area contributed by atoms with Crippen molar-refractivity contribution >= 4 is 5.91 Å². The average molecular weight is 262 g/mol. The van der Waals surface area contributed by atoms with Crippen molar-refractivity contribution < 1.29 is 9.53 Å². The molecule has 1 saturated carbocycles. The average Bonchev–Trinajstić information content (AvgIpc) is 2.36. The lowest BCUT2D eigenvalue weighted by molar-refractivity contribution is 0.0584. The van der Waals surface area contributed by atoms with Gasteiger partial charge >= 0.3 is 0 Å². The van der Waals surface area contributed by atoms with Crippen LogP contribution >= 0.6 is 0 Å². The van der Waals surface area contributed by atoms with Gasteiger partial charge in [-0.25, -0.2) is 0 Å². The van der Waals surface area contributed by atoms with Crippen LogP contribution in [0.5, 0.6) is 5.75 Å². The molecule has 2 N–H and O–H groups in total. The Labute approximate surface area is 114 Å². The van der Waals surface area contributed by atoms with E-state index in [1.165, 1.54) is 6.42 Å². The Morgan fingerprint density at radius 1 is 1.42 bits per heavy atom. The Hall–Kier alpha value is -1.55. The summed E-state index contributed by atoms with van der Waals surface area (Å²) in [6, 6.07) is 7.79. The minimum atomic E-state index is 0.0409. The second-order valence-corrected chi connectivity index (χ2v) is 4.80. The summed E-state index contributed by atoms with van der Waals surface area (Å²) >= 11 is 0. The largest absolute Gasteiger partial charge is 0.493 e. The molecule has 1 aromatic rings. The molecule has 1 aliphatic rings. The van der Waals surface area contributed by atoms with Gasteiger partial charge in [0.05, 0.1) is 12.2 Å². The zero-order valence-corrected chi connectivity index (χ0v) is 11.5. The van der Waals surface area contributed by atoms with Gasteiger partial charge in [-0.2, -0.15) is 0 Å². The Balaban J connectivity index is 2.20. The molecule has 0 unspecified atom stereocenters. The Bertz CT molecular complexity index is 430. The van der Waals surface area contributed by atoms with Gasteiger partial charge in [0.1, 0.15) is 5.75 Å². The van der Waals surface area contributed by atoms with Crippen molar-refractivity contribution in [2.24, 2.45) is 5.73 Å². The minimum Gasteiger partial charge on any atom is -0.493 e. The van der Waals surface area contributed by atoms with E-state index in [-0.39, 0.29) is 5.91 Å². The number of carbonyl (C=O) groups is 1. The molecule has 4 nitrogen and oxygen atoms in total. The highest BCUT2D eigenvalue weighted by molar-refractivity contribution is 5.97. The van der Waals surface area contributed by atoms with E-state index in [1.807, 2.05) is 36.1 Å². The monoisotopic (exact) mass is 262 g/mol. The fourth-order valence-electron chi connectivity index (χ4n) is 2.37. The van der Waals surface area contributed by atoms with Crippen LogP contribution < -0.4 is 10.5 Å². The molecule has 0 aromatic heterocycles. The molecule has 1 aromatic carbocycles. The Morgan fingerprint density at radius 3 is 2.74 bits per heavy atom. The lowest BCUT2D eigenvalue weighted by Crippen LogP contribution is -2.46. The molecule has 1 amide bonds. The minimum absolute atomic E-state index is 0.0409. The number of para-hydroxylation sites is 1. The lowest BCUT2D eigenvalue weighted by atomic mass is 9.91. The molecular formula is C15H22N2O2. The number of carbonyl (C=O) groups excluding carboxylic acids is 1. The fraction of sp³-hybridized carbons (Fsp3) is 0.533. The predicted octanol–water partition coefficient (Wildman–Crippen LogP) is 2.04. The van der Waals surface area contributed by atoms with Crippen LogP contribution in [0.15, 0.2) is 24.3 Å². The predicted molar refractivity (Wildman–Crippen MR) is 75.3 cm³/mol. The molecule has 0 bridgehead atoms. The fourth-order valence-corrected chi connectivity index (χ4v) is 2.37. The Kier molecular flexibility index (Phi) is 4.80. The Morgan fingerprint density at radius 2 is 2.16 bits per heavy atom. The first-order valence-corrected chi connectivity index (χ1v) is 7.00. The number of nitrogens with two attached hydrogens (primary N) is 1. The van der Waals surface area contributed by atoms with Crippen molar-refractivity contribution in [3.05, 3.63) is 29.8 Å². The number of ether oxygens (including phenoxy) is 1. The van der Waals surface area contributed by atoms with Crippen molar-refractivity contribution in [3.8, 4) is 5.75 Å². The maximum absolute atomic E-state index is 12.7. The van der Waals surface area contributed by atoms with E-state index in [0.29, 0.717) is 37.1 Å². The SMILES string of the molecule is CCOc1ccccc1C(=O)N(CCN)C1CCC1. The highest BCUT2D eigenvalue weighted by atomic mass is 16.5. The second kappa shape index (κ2) is 6.57. The standard InChI is InChI=1S/C15H22N2O2/c1-2-19-14-9-4-3-8-13(14)15(18)17(11-10-16)12-6-5-7-12/h3-4,8-9,12H,2,5-7,10-11,16H2,1H3. The van der Waals surface area contributed by atoms with Gasteiger partial charge < -0.3 is 15.4 Å². The van der Waals surface area contributed by atoms with Crippen molar-refractivity contribution in [2.45, 2.75) is 32.2 Å². The smallest absolute Gasteiger partial charge is 0.257 e. The first-order chi connectivity index (χ1) is 9.27. The van der Waals surface area contributed by atoms with Gasteiger partial charge in [0.15, 0.2) is 0 Å². The van der Waals surface area contributed by atoms with Gasteiger partial charge in [0.25, 0.3) is 5.91 Å². The van der Waals surface area contributed by atoms with E-state index >= 15 is 0 Å². The molecule has 0 atom stereocenters. The van der Waals surface area contributed by atoms with E-state index in [2.05, 4.69) is 0 Å². The van der Waals surface area contributed by atoms with Crippen LogP contribution in [-0.2, 0) is 0 Å². The van der Waals surface area contributed by atoms with Gasteiger partial charge in [-0.15, -0.1) is 0 Å². The van der Waals surface area contributed by atoms with Crippen molar-refractivity contribution in [1.29, 1.82) is 0 Å². The summed E-state index contributed by atoms with van der Waals surface area (Å²) in [4.78, 5) is 14.6. The quantitative estimate of drug-likeness (QED) is 0.853. The van der Waals surface area contributed by atoms with Crippen molar-refractivity contribution in [2.75, 3.05) is 19.7 Å². The van der Waals surface area contributed by atoms with Crippen LogP contribution in [-0.4, -0.2) is 36.5 Å². The molecule has 4 heteroatoms. The molecule has 2 rings (SSSR count). The summed E-state index contributed by atoms with van der Waals surface area (Å²) in [6.07, 6.45) is 3.37. The van der Waals surface area contributed by atoms with Crippen LogP contribution in [0, 0.1) is 0 Å². The highest BCUT2D eigenvalue weighted by Crippen LogP contribution is 2.28. The maximum Gasteiger partial charge on any atom is 0.257 e. The zero-order chi connectivity index (χ0) is 13.7. The molecule has 0 saturated heterocycles. The van der Waals surface area contributed by atoms with Crippen LogP contribution in [0.25, 0.3) is 0 Å². The number of hydrogen-bond acceptors (Lipinski definition) is 3. The third-order valence-electron chi connectivity index (χ3n) is 3.56. The summed E-state index contributed by atoms with van der Waals surface area (Å²) in [5.41, 5.74) is 6.28. The molecule has 0 heterocycles. The van der Waals surface area contributed by atoms with E-state index < -0.39 is 0 Å². The molecule has 1 fully saturated rings. The van der Waals surface area contributed by atoms with E-state index in [4.69, 9.17) is 10.5 Å². The number of hydrogen-bond donors (Lipinski definition) is 1. The third-order valence-corrected chi connectivity index (χ3v) is 3.56. The molecule has 0 radical (unpaired) electrons. The zero-order valence-electron chi connectivity index (χ0n) is 11.5. The van der Waals surface area contributed by atoms with Gasteiger partial charge in [-0.1, -0.05) is 12.1 Å². The number of rotatable bonds is 6. The molecule has 0 spiro atoms. The summed E-state index contributed by atoms with van der Waals surface area (Å²) in [5.74, 6) is 0.704. The van der Waals surface area contributed by atoms with Gasteiger partial charge in [-0.3, -0.25) is 4.79 Å². The number of benzene rings is 1.